The van der Waals surface area contributed by atoms with Crippen molar-refractivity contribution in [2.45, 2.75) is 31.1 Å². The second-order valence-corrected chi connectivity index (χ2v) is 10.1. The molecule has 2 saturated heterocycles. The van der Waals surface area contributed by atoms with Gasteiger partial charge in [-0.25, -0.2) is 21.1 Å². The molecule has 19 heavy (non-hydrogen) atoms. The van der Waals surface area contributed by atoms with Crippen molar-refractivity contribution in [2.24, 2.45) is 0 Å². The van der Waals surface area contributed by atoms with Gasteiger partial charge in [0.15, 0.2) is 14.6 Å². The van der Waals surface area contributed by atoms with Crippen molar-refractivity contribution in [3.63, 3.8) is 0 Å². The second kappa shape index (κ2) is 4.42. The van der Waals surface area contributed by atoms with Gasteiger partial charge in [0, 0.05) is 19.1 Å². The Hall–Kier alpha value is -0.670. The van der Waals surface area contributed by atoms with E-state index in [1.54, 1.807) is 0 Å². The van der Waals surface area contributed by atoms with Crippen LogP contribution in [0.4, 0.5) is 0 Å². The largest absolute Gasteiger partial charge is 0.311 e. The van der Waals surface area contributed by atoms with E-state index in [4.69, 9.17) is 0 Å². The lowest BCUT2D eigenvalue weighted by molar-refractivity contribution is -0.132. The maximum Gasteiger partial charge on any atom is 0.258 e. The zero-order valence-electron chi connectivity index (χ0n) is 10.9. The maximum atomic E-state index is 11.8. The third-order valence-corrected chi connectivity index (χ3v) is 7.82. The quantitative estimate of drug-likeness (QED) is 0.694. The van der Waals surface area contributed by atoms with Crippen LogP contribution in [0.25, 0.3) is 0 Å². The molecule has 0 aromatic heterocycles. The lowest BCUT2D eigenvalue weighted by Crippen LogP contribution is -2.68. The Balaban J connectivity index is 1.84. The number of rotatable bonds is 4. The molecule has 2 aliphatic heterocycles. The van der Waals surface area contributed by atoms with E-state index >= 15 is 0 Å². The van der Waals surface area contributed by atoms with Crippen LogP contribution < -0.4 is 5.32 Å². The van der Waals surface area contributed by atoms with Gasteiger partial charge in [0.1, 0.15) is 0 Å². The van der Waals surface area contributed by atoms with Crippen molar-refractivity contribution < 1.29 is 21.6 Å². The molecule has 0 spiro atoms. The van der Waals surface area contributed by atoms with Gasteiger partial charge in [-0.1, -0.05) is 0 Å². The predicted octanol–water partition coefficient (Wildman–Crippen LogP) is -1.29. The number of amides is 1. The Morgan fingerprint density at radius 2 is 1.95 bits per heavy atom. The highest BCUT2D eigenvalue weighted by atomic mass is 32.2. The third kappa shape index (κ3) is 2.38. The smallest absolute Gasteiger partial charge is 0.258 e. The van der Waals surface area contributed by atoms with Crippen LogP contribution in [0.15, 0.2) is 0 Å². The fraction of sp³-hybridized carbons (Fsp3) is 0.900. The molecule has 0 aromatic carbocycles. The average molecular weight is 310 g/mol. The van der Waals surface area contributed by atoms with Crippen LogP contribution in [-0.4, -0.2) is 62.4 Å². The highest BCUT2D eigenvalue weighted by Crippen LogP contribution is 2.34. The highest BCUT2D eigenvalue weighted by Gasteiger charge is 2.59. The van der Waals surface area contributed by atoms with Gasteiger partial charge >= 0.3 is 0 Å². The van der Waals surface area contributed by atoms with Crippen LogP contribution in [0.1, 0.15) is 20.3 Å². The van der Waals surface area contributed by atoms with Crippen molar-refractivity contribution in [3.05, 3.63) is 0 Å². The summed E-state index contributed by atoms with van der Waals surface area (Å²) < 4.78 is 45.6. The third-order valence-electron chi connectivity index (χ3n) is 3.66. The molecule has 2 heterocycles. The van der Waals surface area contributed by atoms with Gasteiger partial charge < -0.3 is 5.32 Å². The van der Waals surface area contributed by atoms with Crippen LogP contribution >= 0.6 is 0 Å². The van der Waals surface area contributed by atoms with E-state index in [0.717, 1.165) is 4.31 Å². The van der Waals surface area contributed by atoms with E-state index < -0.39 is 30.5 Å². The van der Waals surface area contributed by atoms with Crippen molar-refractivity contribution in [1.82, 2.24) is 9.62 Å². The van der Waals surface area contributed by atoms with Gasteiger partial charge in [-0.15, -0.1) is 0 Å². The molecular weight excluding hydrogens is 292 g/mol. The zero-order chi connectivity index (χ0) is 14.5. The summed E-state index contributed by atoms with van der Waals surface area (Å²) in [5.41, 5.74) is 0. The summed E-state index contributed by atoms with van der Waals surface area (Å²) in [6.45, 7) is 3.11. The number of hydrogen-bond acceptors (Lipinski definition) is 6. The highest BCUT2D eigenvalue weighted by molar-refractivity contribution is 7.94. The van der Waals surface area contributed by atoms with Gasteiger partial charge in [0.2, 0.25) is 0 Å². The summed E-state index contributed by atoms with van der Waals surface area (Å²) in [5, 5.41) is 2.98. The normalized spacial score (nSPS) is 31.2. The Kier molecular flexibility index (Phi) is 3.43. The molecule has 1 unspecified atom stereocenters. The molecule has 0 bridgehead atoms. The molecule has 1 N–H and O–H groups in total. The molecule has 110 valence electrons. The minimum Gasteiger partial charge on any atom is -0.311 e. The first-order valence-electron chi connectivity index (χ1n) is 6.08. The maximum absolute atomic E-state index is 11.8. The summed E-state index contributed by atoms with van der Waals surface area (Å²) in [7, 11) is -6.49. The van der Waals surface area contributed by atoms with Crippen molar-refractivity contribution in [2.75, 3.05) is 24.6 Å². The molecule has 0 radical (unpaired) electrons. The Morgan fingerprint density at radius 1 is 1.32 bits per heavy atom. The topological polar surface area (TPSA) is 101 Å². The first-order valence-corrected chi connectivity index (χ1v) is 9.34. The molecule has 0 saturated carbocycles. The van der Waals surface area contributed by atoms with Gasteiger partial charge in [0.25, 0.3) is 15.9 Å². The standard InChI is InChI=1S/C10H18N2O5S2/c1-10(2)9(13)12(19(10,16)17)5-4-11-8-3-6-18(14,15)7-8/h8,11H,3-7H2,1-2H3. The minimum absolute atomic E-state index is 0.0567. The Labute approximate surface area is 113 Å². The van der Waals surface area contributed by atoms with Gasteiger partial charge in [-0.2, -0.15) is 0 Å². The van der Waals surface area contributed by atoms with Crippen molar-refractivity contribution >= 4 is 25.8 Å². The van der Waals surface area contributed by atoms with Crippen molar-refractivity contribution in [3.8, 4) is 0 Å². The molecule has 0 aliphatic carbocycles. The van der Waals surface area contributed by atoms with E-state index in [2.05, 4.69) is 5.32 Å². The second-order valence-electron chi connectivity index (χ2n) is 5.45. The van der Waals surface area contributed by atoms with Crippen LogP contribution in [0, 0.1) is 0 Å². The van der Waals surface area contributed by atoms with E-state index in [9.17, 15) is 21.6 Å². The summed E-state index contributed by atoms with van der Waals surface area (Å²) >= 11 is 0. The van der Waals surface area contributed by atoms with Gasteiger partial charge in [-0.3, -0.25) is 4.79 Å². The summed E-state index contributed by atoms with van der Waals surface area (Å²) in [5.74, 6) is -0.161. The van der Waals surface area contributed by atoms with Crippen LogP contribution in [-0.2, 0) is 24.7 Å². The molecule has 2 rings (SSSR count). The molecule has 1 atom stereocenters. The minimum atomic E-state index is -3.54. The number of nitrogens with zero attached hydrogens (tertiary/aromatic N) is 1. The lowest BCUT2D eigenvalue weighted by atomic mass is 10.2. The molecule has 2 fully saturated rings. The fourth-order valence-corrected chi connectivity index (χ4v) is 5.54. The van der Waals surface area contributed by atoms with Crippen LogP contribution in [0.3, 0.4) is 0 Å². The average Bonchev–Trinajstić information content (AvgIpc) is 2.63. The molecular formula is C10H18N2O5S2. The monoisotopic (exact) mass is 310 g/mol. The Morgan fingerprint density at radius 3 is 2.42 bits per heavy atom. The van der Waals surface area contributed by atoms with Gasteiger partial charge in [0.05, 0.1) is 11.5 Å². The molecule has 7 nitrogen and oxygen atoms in total. The van der Waals surface area contributed by atoms with E-state index in [-0.39, 0.29) is 30.6 Å². The number of carbonyl (C=O) groups is 1. The number of carbonyl (C=O) groups excluding carboxylic acids is 1. The predicted molar refractivity (Wildman–Crippen MR) is 69.8 cm³/mol. The number of sulfone groups is 1. The molecule has 2 aliphatic rings. The summed E-state index contributed by atoms with van der Waals surface area (Å²) in [4.78, 5) is 11.7. The first-order chi connectivity index (χ1) is 8.58. The SMILES string of the molecule is CC1(C)C(=O)N(CCNC2CCS(=O)(=O)C2)S1(=O)=O. The number of hydrogen-bond donors (Lipinski definition) is 1. The zero-order valence-corrected chi connectivity index (χ0v) is 12.6. The van der Waals surface area contributed by atoms with Crippen LogP contribution in [0.5, 0.6) is 0 Å². The lowest BCUT2D eigenvalue weighted by Gasteiger charge is -2.43. The summed E-state index contributed by atoms with van der Waals surface area (Å²) in [6, 6.07) is -0.142. The first kappa shape index (κ1) is 14.7. The molecule has 0 aromatic rings. The number of nitrogens with one attached hydrogen (secondary N) is 1. The molecule has 9 heteroatoms. The van der Waals surface area contributed by atoms with E-state index in [1.807, 2.05) is 0 Å². The van der Waals surface area contributed by atoms with Gasteiger partial charge in [-0.05, 0) is 20.3 Å². The molecule has 1 amide bonds. The fourth-order valence-electron chi connectivity index (χ4n) is 2.30. The van der Waals surface area contributed by atoms with E-state index in [0.29, 0.717) is 6.42 Å². The Bertz CT molecular complexity index is 593. The van der Waals surface area contributed by atoms with E-state index in [1.165, 1.54) is 13.8 Å². The number of sulfonamides is 1. The summed E-state index contributed by atoms with van der Waals surface area (Å²) in [6.07, 6.45) is 0.536. The van der Waals surface area contributed by atoms with Crippen LogP contribution in [0.2, 0.25) is 0 Å². The van der Waals surface area contributed by atoms with Crippen molar-refractivity contribution in [1.29, 1.82) is 0 Å².